The molecule has 1 aliphatic heterocycles. The Morgan fingerprint density at radius 2 is 2.00 bits per heavy atom. The maximum atomic E-state index is 12.0. The number of nitrogens with one attached hydrogen (secondary N) is 2. The lowest BCUT2D eigenvalue weighted by Crippen LogP contribution is -2.26. The normalized spacial score (nSPS) is 16.7. The van der Waals surface area contributed by atoms with Crippen LogP contribution in [0.25, 0.3) is 0 Å². The summed E-state index contributed by atoms with van der Waals surface area (Å²) in [6, 6.07) is 3.75. The molecule has 1 aromatic carbocycles. The maximum Gasteiger partial charge on any atom is 0.220 e. The minimum absolute atomic E-state index is 0.0674. The third kappa shape index (κ3) is 4.77. The molecule has 1 amide bonds. The highest BCUT2D eigenvalue weighted by Gasteiger charge is 2.17. The van der Waals surface area contributed by atoms with Gasteiger partial charge in [0.05, 0.1) is 21.3 Å². The SMILES string of the molecule is COc1ccc(CCC(=O)NCCC2CCNC2)c(OC)c1OC. The van der Waals surface area contributed by atoms with E-state index >= 15 is 0 Å². The number of methoxy groups -OCH3 is 3. The summed E-state index contributed by atoms with van der Waals surface area (Å²) in [6.07, 6.45) is 3.27. The van der Waals surface area contributed by atoms with E-state index in [1.807, 2.05) is 12.1 Å². The molecule has 24 heavy (non-hydrogen) atoms. The highest BCUT2D eigenvalue weighted by Crippen LogP contribution is 2.40. The standard InChI is InChI=1S/C18H28N2O4/c1-22-15-6-4-14(17(23-2)18(15)24-3)5-7-16(21)20-11-9-13-8-10-19-12-13/h4,6,13,19H,5,7-12H2,1-3H3,(H,20,21). The fourth-order valence-electron chi connectivity index (χ4n) is 3.07. The summed E-state index contributed by atoms with van der Waals surface area (Å²) >= 11 is 0. The smallest absolute Gasteiger partial charge is 0.220 e. The Bertz CT molecular complexity index is 542. The van der Waals surface area contributed by atoms with Crippen molar-refractivity contribution in [1.82, 2.24) is 10.6 Å². The molecule has 1 atom stereocenters. The first kappa shape index (κ1) is 18.4. The molecule has 2 N–H and O–H groups in total. The third-order valence-electron chi connectivity index (χ3n) is 4.44. The third-order valence-corrected chi connectivity index (χ3v) is 4.44. The summed E-state index contributed by atoms with van der Waals surface area (Å²) in [6.45, 7) is 2.91. The van der Waals surface area contributed by atoms with Crippen LogP contribution in [-0.4, -0.2) is 46.9 Å². The van der Waals surface area contributed by atoms with Crippen molar-refractivity contribution in [2.45, 2.75) is 25.7 Å². The maximum absolute atomic E-state index is 12.0. The Kier molecular flexibility index (Phi) is 7.18. The Morgan fingerprint density at radius 1 is 1.21 bits per heavy atom. The molecule has 0 bridgehead atoms. The second-order valence-electron chi connectivity index (χ2n) is 5.99. The molecule has 6 heteroatoms. The molecule has 0 aliphatic carbocycles. The second-order valence-corrected chi connectivity index (χ2v) is 5.99. The first-order chi connectivity index (χ1) is 11.7. The van der Waals surface area contributed by atoms with Gasteiger partial charge in [-0.1, -0.05) is 6.07 Å². The molecule has 1 aliphatic rings. The summed E-state index contributed by atoms with van der Waals surface area (Å²) in [5, 5.41) is 6.35. The zero-order valence-electron chi connectivity index (χ0n) is 14.8. The van der Waals surface area contributed by atoms with Gasteiger partial charge in [-0.05, 0) is 49.9 Å². The molecule has 0 saturated carbocycles. The molecule has 1 fully saturated rings. The van der Waals surface area contributed by atoms with Crippen molar-refractivity contribution >= 4 is 5.91 Å². The van der Waals surface area contributed by atoms with E-state index in [0.717, 1.165) is 31.6 Å². The number of hydrogen-bond donors (Lipinski definition) is 2. The molecule has 0 radical (unpaired) electrons. The second kappa shape index (κ2) is 9.37. The van der Waals surface area contributed by atoms with E-state index in [2.05, 4.69) is 10.6 Å². The average molecular weight is 336 g/mol. The van der Waals surface area contributed by atoms with Gasteiger partial charge < -0.3 is 24.8 Å². The first-order valence-corrected chi connectivity index (χ1v) is 8.44. The number of carbonyl (C=O) groups excluding carboxylic acids is 1. The van der Waals surface area contributed by atoms with E-state index in [9.17, 15) is 4.79 Å². The minimum atomic E-state index is 0.0674. The highest BCUT2D eigenvalue weighted by molar-refractivity contribution is 5.76. The van der Waals surface area contributed by atoms with Crippen LogP contribution in [0.2, 0.25) is 0 Å². The summed E-state index contributed by atoms with van der Waals surface area (Å²) in [5.41, 5.74) is 0.935. The minimum Gasteiger partial charge on any atom is -0.493 e. The van der Waals surface area contributed by atoms with Crippen LogP contribution in [0.1, 0.15) is 24.8 Å². The predicted octanol–water partition coefficient (Wildman–Crippen LogP) is 1.76. The molecule has 0 spiro atoms. The Balaban J connectivity index is 1.85. The van der Waals surface area contributed by atoms with Crippen molar-refractivity contribution in [2.24, 2.45) is 5.92 Å². The van der Waals surface area contributed by atoms with Crippen molar-refractivity contribution < 1.29 is 19.0 Å². The monoisotopic (exact) mass is 336 g/mol. The van der Waals surface area contributed by atoms with Crippen LogP contribution in [0, 0.1) is 5.92 Å². The summed E-state index contributed by atoms with van der Waals surface area (Å²) in [4.78, 5) is 12.0. The fraction of sp³-hybridized carbons (Fsp3) is 0.611. The fourth-order valence-corrected chi connectivity index (χ4v) is 3.07. The topological polar surface area (TPSA) is 68.8 Å². The molecular weight excluding hydrogens is 308 g/mol. The van der Waals surface area contributed by atoms with Crippen molar-refractivity contribution in [3.05, 3.63) is 17.7 Å². The molecule has 0 aromatic heterocycles. The van der Waals surface area contributed by atoms with Crippen molar-refractivity contribution in [2.75, 3.05) is 41.0 Å². The number of amides is 1. The van der Waals surface area contributed by atoms with Gasteiger partial charge in [-0.2, -0.15) is 0 Å². The molecule has 2 rings (SSSR count). The lowest BCUT2D eigenvalue weighted by atomic mass is 10.0. The Labute approximate surface area is 143 Å². The number of carbonyl (C=O) groups is 1. The van der Waals surface area contributed by atoms with Crippen molar-refractivity contribution in [3.63, 3.8) is 0 Å². The van der Waals surface area contributed by atoms with Crippen LogP contribution in [0.3, 0.4) is 0 Å². The van der Waals surface area contributed by atoms with Crippen LogP contribution in [0.5, 0.6) is 17.2 Å². The van der Waals surface area contributed by atoms with E-state index in [0.29, 0.717) is 36.0 Å². The Morgan fingerprint density at radius 3 is 2.62 bits per heavy atom. The lowest BCUT2D eigenvalue weighted by molar-refractivity contribution is -0.121. The molecule has 6 nitrogen and oxygen atoms in total. The van der Waals surface area contributed by atoms with Gasteiger partial charge in [0.15, 0.2) is 11.5 Å². The zero-order chi connectivity index (χ0) is 17.4. The van der Waals surface area contributed by atoms with Crippen LogP contribution in [-0.2, 0) is 11.2 Å². The van der Waals surface area contributed by atoms with Gasteiger partial charge in [0, 0.05) is 13.0 Å². The van der Waals surface area contributed by atoms with Gasteiger partial charge >= 0.3 is 0 Å². The van der Waals surface area contributed by atoms with Gasteiger partial charge in [0.2, 0.25) is 11.7 Å². The highest BCUT2D eigenvalue weighted by atomic mass is 16.5. The van der Waals surface area contributed by atoms with Crippen molar-refractivity contribution in [3.8, 4) is 17.2 Å². The number of rotatable bonds is 9. The number of aryl methyl sites for hydroxylation is 1. The quantitative estimate of drug-likeness (QED) is 0.719. The van der Waals surface area contributed by atoms with Crippen LogP contribution >= 0.6 is 0 Å². The lowest BCUT2D eigenvalue weighted by Gasteiger charge is -2.15. The van der Waals surface area contributed by atoms with E-state index in [1.54, 1.807) is 21.3 Å². The molecule has 1 aromatic rings. The van der Waals surface area contributed by atoms with Crippen molar-refractivity contribution in [1.29, 1.82) is 0 Å². The average Bonchev–Trinajstić information content (AvgIpc) is 3.12. The summed E-state index contributed by atoms with van der Waals surface area (Å²) in [5.74, 6) is 2.56. The van der Waals surface area contributed by atoms with Gasteiger partial charge in [-0.25, -0.2) is 0 Å². The zero-order valence-corrected chi connectivity index (χ0v) is 14.8. The van der Waals surface area contributed by atoms with Gasteiger partial charge in [0.25, 0.3) is 0 Å². The van der Waals surface area contributed by atoms with Gasteiger partial charge in [0.1, 0.15) is 0 Å². The Hall–Kier alpha value is -1.95. The van der Waals surface area contributed by atoms with Crippen LogP contribution in [0.4, 0.5) is 0 Å². The summed E-state index contributed by atoms with van der Waals surface area (Å²) in [7, 11) is 4.76. The van der Waals surface area contributed by atoms with E-state index in [-0.39, 0.29) is 5.91 Å². The van der Waals surface area contributed by atoms with E-state index < -0.39 is 0 Å². The predicted molar refractivity (Wildman–Crippen MR) is 93.0 cm³/mol. The number of benzene rings is 1. The van der Waals surface area contributed by atoms with Gasteiger partial charge in [-0.15, -0.1) is 0 Å². The molecular formula is C18H28N2O4. The molecule has 1 heterocycles. The first-order valence-electron chi connectivity index (χ1n) is 8.44. The number of ether oxygens (including phenoxy) is 3. The summed E-state index contributed by atoms with van der Waals surface area (Å²) < 4.78 is 16.1. The molecule has 1 saturated heterocycles. The molecule has 1 unspecified atom stereocenters. The molecule has 134 valence electrons. The van der Waals surface area contributed by atoms with E-state index in [1.165, 1.54) is 6.42 Å². The van der Waals surface area contributed by atoms with Crippen LogP contribution in [0.15, 0.2) is 12.1 Å². The van der Waals surface area contributed by atoms with E-state index in [4.69, 9.17) is 14.2 Å². The van der Waals surface area contributed by atoms with Gasteiger partial charge in [-0.3, -0.25) is 4.79 Å². The number of hydrogen-bond acceptors (Lipinski definition) is 5. The largest absolute Gasteiger partial charge is 0.493 e. The van der Waals surface area contributed by atoms with Crippen LogP contribution < -0.4 is 24.8 Å².